The van der Waals surface area contributed by atoms with Crippen LogP contribution in [0, 0.1) is 6.92 Å². The van der Waals surface area contributed by atoms with Crippen LogP contribution in [0.5, 0.6) is 0 Å². The number of hydrogen-bond acceptors (Lipinski definition) is 4. The highest BCUT2D eigenvalue weighted by Crippen LogP contribution is 2.33. The van der Waals surface area contributed by atoms with Gasteiger partial charge in [-0.25, -0.2) is 9.97 Å². The van der Waals surface area contributed by atoms with Crippen molar-refractivity contribution < 1.29 is 4.42 Å². The first-order valence-electron chi connectivity index (χ1n) is 8.38. The molecule has 3 aromatic heterocycles. The van der Waals surface area contributed by atoms with Crippen LogP contribution in [0.3, 0.4) is 0 Å². The normalized spacial score (nSPS) is 17.1. The lowest BCUT2D eigenvalue weighted by molar-refractivity contribution is 0.197. The van der Waals surface area contributed by atoms with E-state index in [0.29, 0.717) is 6.04 Å². The Labute approximate surface area is 135 Å². The fourth-order valence-electron chi connectivity index (χ4n) is 3.50. The summed E-state index contributed by atoms with van der Waals surface area (Å²) < 4.78 is 8.14. The van der Waals surface area contributed by atoms with E-state index in [1.165, 1.54) is 0 Å². The summed E-state index contributed by atoms with van der Waals surface area (Å²) in [6.07, 6.45) is 4.10. The molecule has 5 heteroatoms. The van der Waals surface area contributed by atoms with Crippen LogP contribution in [-0.2, 0) is 0 Å². The van der Waals surface area contributed by atoms with Gasteiger partial charge >= 0.3 is 0 Å². The molecule has 0 unspecified atom stereocenters. The average Bonchev–Trinajstić information content (AvgIpc) is 3.18. The average molecular weight is 310 g/mol. The maximum Gasteiger partial charge on any atom is 0.178 e. The molecule has 1 saturated heterocycles. The van der Waals surface area contributed by atoms with E-state index in [4.69, 9.17) is 9.40 Å². The fourth-order valence-corrected chi connectivity index (χ4v) is 3.50. The first kappa shape index (κ1) is 14.5. The summed E-state index contributed by atoms with van der Waals surface area (Å²) in [5.74, 6) is 2.65. The van der Waals surface area contributed by atoms with Crippen LogP contribution in [-0.4, -0.2) is 39.1 Å². The highest BCUT2D eigenvalue weighted by molar-refractivity contribution is 5.76. The fraction of sp³-hybridized carbons (Fsp3) is 0.444. The van der Waals surface area contributed by atoms with Crippen LogP contribution in [0.4, 0.5) is 0 Å². The molecule has 0 atom stereocenters. The zero-order valence-corrected chi connectivity index (χ0v) is 13.7. The van der Waals surface area contributed by atoms with Gasteiger partial charge in [-0.3, -0.25) is 0 Å². The third-order valence-electron chi connectivity index (χ3n) is 4.78. The van der Waals surface area contributed by atoms with Gasteiger partial charge in [0.05, 0.1) is 0 Å². The van der Waals surface area contributed by atoms with Crippen molar-refractivity contribution in [2.75, 3.05) is 19.6 Å². The maximum absolute atomic E-state index is 5.85. The molecule has 0 aromatic carbocycles. The molecular formula is C18H22N4O. The van der Waals surface area contributed by atoms with Crippen molar-refractivity contribution in [3.8, 4) is 11.6 Å². The third-order valence-corrected chi connectivity index (χ3v) is 4.78. The highest BCUT2D eigenvalue weighted by Gasteiger charge is 2.26. The van der Waals surface area contributed by atoms with E-state index in [9.17, 15) is 0 Å². The second-order valence-corrected chi connectivity index (χ2v) is 6.23. The van der Waals surface area contributed by atoms with E-state index in [2.05, 4.69) is 21.4 Å². The number of pyridine rings is 1. The SMILES string of the molecule is CCN1CCC(n2c(-c3ccc(C)o3)nc3cccnc32)CC1. The van der Waals surface area contributed by atoms with Crippen LogP contribution >= 0.6 is 0 Å². The zero-order chi connectivity index (χ0) is 15.8. The Morgan fingerprint density at radius 2 is 2.04 bits per heavy atom. The Morgan fingerprint density at radius 1 is 1.22 bits per heavy atom. The molecule has 0 saturated carbocycles. The van der Waals surface area contributed by atoms with Gasteiger partial charge in [-0.05, 0) is 50.6 Å². The van der Waals surface area contributed by atoms with Crippen molar-refractivity contribution in [1.82, 2.24) is 19.4 Å². The van der Waals surface area contributed by atoms with Gasteiger partial charge in [-0.1, -0.05) is 6.92 Å². The minimum absolute atomic E-state index is 0.429. The van der Waals surface area contributed by atoms with Gasteiger partial charge < -0.3 is 13.9 Å². The first-order valence-corrected chi connectivity index (χ1v) is 8.38. The highest BCUT2D eigenvalue weighted by atomic mass is 16.3. The summed E-state index contributed by atoms with van der Waals surface area (Å²) in [5, 5.41) is 0. The Kier molecular flexibility index (Phi) is 3.65. The summed E-state index contributed by atoms with van der Waals surface area (Å²) in [6, 6.07) is 8.40. The molecule has 5 nitrogen and oxygen atoms in total. The second-order valence-electron chi connectivity index (χ2n) is 6.23. The lowest BCUT2D eigenvalue weighted by atomic mass is 10.0. The predicted octanol–water partition coefficient (Wildman–Crippen LogP) is 3.66. The standard InChI is InChI=1S/C18H22N4O/c1-3-21-11-8-14(9-12-21)22-17-15(5-4-10-19-17)20-18(22)16-7-6-13(2)23-16/h4-7,10,14H,3,8-9,11-12H2,1-2H3. The number of fused-ring (bicyclic) bond motifs is 1. The first-order chi connectivity index (χ1) is 11.3. The second kappa shape index (κ2) is 5.81. The molecule has 120 valence electrons. The van der Waals surface area contributed by atoms with Gasteiger partial charge in [0.15, 0.2) is 17.2 Å². The summed E-state index contributed by atoms with van der Waals surface area (Å²) in [4.78, 5) is 11.9. The van der Waals surface area contributed by atoms with Gasteiger partial charge in [0.25, 0.3) is 0 Å². The monoisotopic (exact) mass is 310 g/mol. The van der Waals surface area contributed by atoms with Crippen LogP contribution in [0.1, 0.15) is 31.6 Å². The van der Waals surface area contributed by atoms with Gasteiger partial charge in [-0.15, -0.1) is 0 Å². The van der Waals surface area contributed by atoms with E-state index >= 15 is 0 Å². The van der Waals surface area contributed by atoms with Crippen LogP contribution in [0.15, 0.2) is 34.9 Å². The number of nitrogens with zero attached hydrogens (tertiary/aromatic N) is 4. The summed E-state index contributed by atoms with van der Waals surface area (Å²) in [5.41, 5.74) is 1.90. The summed E-state index contributed by atoms with van der Waals surface area (Å²) in [6.45, 7) is 7.58. The summed E-state index contributed by atoms with van der Waals surface area (Å²) >= 11 is 0. The van der Waals surface area contributed by atoms with Gasteiger partial charge in [0, 0.05) is 25.3 Å². The zero-order valence-electron chi connectivity index (χ0n) is 13.7. The quantitative estimate of drug-likeness (QED) is 0.741. The molecule has 0 spiro atoms. The number of likely N-dealkylation sites (tertiary alicyclic amines) is 1. The van der Waals surface area contributed by atoms with E-state index in [-0.39, 0.29) is 0 Å². The van der Waals surface area contributed by atoms with Crippen LogP contribution < -0.4 is 0 Å². The Hall–Kier alpha value is -2.14. The van der Waals surface area contributed by atoms with Crippen molar-refractivity contribution >= 4 is 11.2 Å². The number of imidazole rings is 1. The van der Waals surface area contributed by atoms with Crippen molar-refractivity contribution in [3.63, 3.8) is 0 Å². The molecule has 1 fully saturated rings. The topological polar surface area (TPSA) is 47.1 Å². The van der Waals surface area contributed by atoms with Crippen molar-refractivity contribution in [2.24, 2.45) is 0 Å². The lowest BCUT2D eigenvalue weighted by Gasteiger charge is -2.32. The van der Waals surface area contributed by atoms with E-state index in [0.717, 1.165) is 61.0 Å². The third kappa shape index (κ3) is 2.55. The lowest BCUT2D eigenvalue weighted by Crippen LogP contribution is -2.34. The Balaban J connectivity index is 1.80. The number of aromatic nitrogens is 3. The minimum atomic E-state index is 0.429. The number of furan rings is 1. The van der Waals surface area contributed by atoms with Crippen molar-refractivity contribution in [2.45, 2.75) is 32.7 Å². The molecule has 23 heavy (non-hydrogen) atoms. The molecule has 0 amide bonds. The van der Waals surface area contributed by atoms with Crippen molar-refractivity contribution in [3.05, 3.63) is 36.2 Å². The Bertz CT molecular complexity index is 811. The molecule has 1 aliphatic rings. The smallest absolute Gasteiger partial charge is 0.178 e. The molecular weight excluding hydrogens is 288 g/mol. The number of rotatable bonds is 3. The molecule has 0 aliphatic carbocycles. The molecule has 1 aliphatic heterocycles. The minimum Gasteiger partial charge on any atom is -0.458 e. The van der Waals surface area contributed by atoms with Gasteiger partial charge in [0.2, 0.25) is 0 Å². The predicted molar refractivity (Wildman–Crippen MR) is 90.4 cm³/mol. The van der Waals surface area contributed by atoms with E-state index < -0.39 is 0 Å². The number of hydrogen-bond donors (Lipinski definition) is 0. The number of piperidine rings is 1. The molecule has 0 radical (unpaired) electrons. The van der Waals surface area contributed by atoms with Crippen LogP contribution in [0.2, 0.25) is 0 Å². The molecule has 3 aromatic rings. The van der Waals surface area contributed by atoms with Gasteiger partial charge in [-0.2, -0.15) is 0 Å². The van der Waals surface area contributed by atoms with Crippen molar-refractivity contribution in [1.29, 1.82) is 0 Å². The Morgan fingerprint density at radius 3 is 2.74 bits per heavy atom. The molecule has 4 rings (SSSR count). The van der Waals surface area contributed by atoms with E-state index in [1.54, 1.807) is 0 Å². The van der Waals surface area contributed by atoms with E-state index in [1.807, 2.05) is 37.4 Å². The molecule has 0 bridgehead atoms. The van der Waals surface area contributed by atoms with Gasteiger partial charge in [0.1, 0.15) is 11.3 Å². The maximum atomic E-state index is 5.85. The molecule has 0 N–H and O–H groups in total. The largest absolute Gasteiger partial charge is 0.458 e. The van der Waals surface area contributed by atoms with Crippen LogP contribution in [0.25, 0.3) is 22.7 Å². The number of aryl methyl sites for hydroxylation is 1. The molecule has 4 heterocycles. The summed E-state index contributed by atoms with van der Waals surface area (Å²) in [7, 11) is 0.